The minimum Gasteiger partial charge on any atom is -0.383 e. The molecule has 1 atom stereocenters. The number of pyridine rings is 2. The summed E-state index contributed by atoms with van der Waals surface area (Å²) in [4.78, 5) is 8.40. The Kier molecular flexibility index (Phi) is 3.49. The van der Waals surface area contributed by atoms with Gasteiger partial charge >= 0.3 is 0 Å². The Morgan fingerprint density at radius 1 is 1.14 bits per heavy atom. The van der Waals surface area contributed by atoms with E-state index in [1.165, 1.54) is 0 Å². The molecule has 0 aliphatic heterocycles. The SMILES string of the molecule is Cc1ccnc(N)c1C(O)c1ccc(Cl)c2cccnc12. The minimum absolute atomic E-state index is 0.321. The van der Waals surface area contributed by atoms with E-state index in [4.69, 9.17) is 17.3 Å². The predicted molar refractivity (Wildman–Crippen MR) is 84.2 cm³/mol. The minimum atomic E-state index is -0.895. The van der Waals surface area contributed by atoms with Gasteiger partial charge in [0.05, 0.1) is 5.52 Å². The van der Waals surface area contributed by atoms with Gasteiger partial charge in [-0.15, -0.1) is 0 Å². The fourth-order valence-electron chi connectivity index (χ4n) is 2.48. The zero-order valence-electron chi connectivity index (χ0n) is 11.4. The van der Waals surface area contributed by atoms with Crippen LogP contribution in [0.3, 0.4) is 0 Å². The first kappa shape index (κ1) is 13.8. The molecule has 106 valence electrons. The summed E-state index contributed by atoms with van der Waals surface area (Å²) in [6.45, 7) is 1.89. The van der Waals surface area contributed by atoms with Gasteiger partial charge in [-0.2, -0.15) is 0 Å². The Labute approximate surface area is 127 Å². The Bertz CT molecular complexity index is 799. The summed E-state index contributed by atoms with van der Waals surface area (Å²) in [6, 6.07) is 9.04. The number of hydrogen-bond acceptors (Lipinski definition) is 4. The fourth-order valence-corrected chi connectivity index (χ4v) is 2.70. The number of nitrogens with two attached hydrogens (primary N) is 1. The third-order valence-corrected chi connectivity index (χ3v) is 3.88. The zero-order valence-corrected chi connectivity index (χ0v) is 12.2. The molecular formula is C16H14ClN3O. The molecule has 0 saturated carbocycles. The molecule has 0 aliphatic rings. The molecule has 2 heterocycles. The lowest BCUT2D eigenvalue weighted by Gasteiger charge is -2.17. The molecule has 0 radical (unpaired) electrons. The van der Waals surface area contributed by atoms with E-state index in [0.717, 1.165) is 10.9 Å². The van der Waals surface area contributed by atoms with Crippen LogP contribution >= 0.6 is 11.6 Å². The smallest absolute Gasteiger partial charge is 0.129 e. The van der Waals surface area contributed by atoms with Crippen LogP contribution < -0.4 is 5.73 Å². The lowest BCUT2D eigenvalue weighted by atomic mass is 9.96. The first-order valence-corrected chi connectivity index (χ1v) is 6.89. The van der Waals surface area contributed by atoms with E-state index in [1.807, 2.05) is 25.1 Å². The second kappa shape index (κ2) is 5.31. The normalized spacial score (nSPS) is 12.5. The summed E-state index contributed by atoms with van der Waals surface area (Å²) in [5.74, 6) is 0.321. The van der Waals surface area contributed by atoms with Crippen molar-refractivity contribution < 1.29 is 5.11 Å². The van der Waals surface area contributed by atoms with Gasteiger partial charge in [-0.25, -0.2) is 4.98 Å². The third kappa shape index (κ3) is 2.33. The highest BCUT2D eigenvalue weighted by Gasteiger charge is 2.20. The van der Waals surface area contributed by atoms with Crippen molar-refractivity contribution in [1.29, 1.82) is 0 Å². The summed E-state index contributed by atoms with van der Waals surface area (Å²) in [5.41, 5.74) is 8.73. The summed E-state index contributed by atoms with van der Waals surface area (Å²) in [5, 5.41) is 12.1. The molecule has 0 spiro atoms. The summed E-state index contributed by atoms with van der Waals surface area (Å²) < 4.78 is 0. The average molecular weight is 300 g/mol. The first-order chi connectivity index (χ1) is 10.1. The van der Waals surface area contributed by atoms with Crippen molar-refractivity contribution in [2.24, 2.45) is 0 Å². The van der Waals surface area contributed by atoms with Crippen molar-refractivity contribution in [2.75, 3.05) is 5.73 Å². The number of aliphatic hydroxyl groups excluding tert-OH is 1. The van der Waals surface area contributed by atoms with E-state index in [1.54, 1.807) is 24.5 Å². The monoisotopic (exact) mass is 299 g/mol. The quantitative estimate of drug-likeness (QED) is 0.762. The number of benzene rings is 1. The van der Waals surface area contributed by atoms with Gasteiger partial charge in [0.25, 0.3) is 0 Å². The van der Waals surface area contributed by atoms with E-state index in [9.17, 15) is 5.11 Å². The Morgan fingerprint density at radius 2 is 1.95 bits per heavy atom. The van der Waals surface area contributed by atoms with Crippen molar-refractivity contribution in [2.45, 2.75) is 13.0 Å². The maximum atomic E-state index is 10.7. The maximum Gasteiger partial charge on any atom is 0.129 e. The number of rotatable bonds is 2. The van der Waals surface area contributed by atoms with Crippen LogP contribution in [0, 0.1) is 6.92 Å². The molecule has 4 nitrogen and oxygen atoms in total. The molecule has 1 aromatic carbocycles. The second-order valence-electron chi connectivity index (χ2n) is 4.87. The number of nitrogen functional groups attached to an aromatic ring is 1. The molecule has 1 unspecified atom stereocenters. The van der Waals surface area contributed by atoms with E-state index in [2.05, 4.69) is 9.97 Å². The molecule has 3 rings (SSSR count). The van der Waals surface area contributed by atoms with Crippen LogP contribution in [0.2, 0.25) is 5.02 Å². The molecule has 0 fully saturated rings. The second-order valence-corrected chi connectivity index (χ2v) is 5.27. The Morgan fingerprint density at radius 3 is 2.71 bits per heavy atom. The standard InChI is InChI=1S/C16H14ClN3O/c1-9-6-8-20-16(18)13(9)15(21)11-4-5-12(17)10-3-2-7-19-14(10)11/h2-8,15,21H,1H3,(H2,18,20). The Hall–Kier alpha value is -2.17. The van der Waals surface area contributed by atoms with Gasteiger partial charge in [0, 0.05) is 33.9 Å². The van der Waals surface area contributed by atoms with Gasteiger partial charge in [-0.3, -0.25) is 4.98 Å². The van der Waals surface area contributed by atoms with Gasteiger partial charge < -0.3 is 10.8 Å². The van der Waals surface area contributed by atoms with Gasteiger partial charge in [0.15, 0.2) is 0 Å². The molecular weight excluding hydrogens is 286 g/mol. The van der Waals surface area contributed by atoms with Crippen LogP contribution in [0.1, 0.15) is 22.8 Å². The molecule has 0 bridgehead atoms. The number of aliphatic hydroxyl groups is 1. The third-order valence-electron chi connectivity index (χ3n) is 3.55. The van der Waals surface area contributed by atoms with Crippen LogP contribution in [0.4, 0.5) is 5.82 Å². The van der Waals surface area contributed by atoms with Crippen molar-refractivity contribution in [3.05, 3.63) is 64.4 Å². The molecule has 5 heteroatoms. The topological polar surface area (TPSA) is 72.0 Å². The summed E-state index contributed by atoms with van der Waals surface area (Å²) in [6.07, 6.45) is 2.40. The molecule has 3 N–H and O–H groups in total. The van der Waals surface area contributed by atoms with E-state index in [0.29, 0.717) is 27.5 Å². The van der Waals surface area contributed by atoms with Crippen molar-refractivity contribution in [1.82, 2.24) is 9.97 Å². The van der Waals surface area contributed by atoms with Gasteiger partial charge in [0.2, 0.25) is 0 Å². The lowest BCUT2D eigenvalue weighted by molar-refractivity contribution is 0.221. The predicted octanol–water partition coefficient (Wildman–Crippen LogP) is 3.26. The van der Waals surface area contributed by atoms with Crippen LogP contribution in [0.15, 0.2) is 42.7 Å². The lowest BCUT2D eigenvalue weighted by Crippen LogP contribution is -2.08. The van der Waals surface area contributed by atoms with Gasteiger partial charge in [-0.1, -0.05) is 17.7 Å². The van der Waals surface area contributed by atoms with Crippen LogP contribution in [0.5, 0.6) is 0 Å². The Balaban J connectivity index is 2.23. The highest BCUT2D eigenvalue weighted by Crippen LogP contribution is 2.34. The number of aromatic nitrogens is 2. The number of aryl methyl sites for hydroxylation is 1. The van der Waals surface area contributed by atoms with Crippen molar-refractivity contribution in [3.63, 3.8) is 0 Å². The van der Waals surface area contributed by atoms with Gasteiger partial charge in [-0.05, 0) is 36.8 Å². The zero-order chi connectivity index (χ0) is 15.0. The molecule has 2 aromatic heterocycles. The molecule has 0 aliphatic carbocycles. The number of fused-ring (bicyclic) bond motifs is 1. The molecule has 21 heavy (non-hydrogen) atoms. The van der Waals surface area contributed by atoms with E-state index >= 15 is 0 Å². The van der Waals surface area contributed by atoms with Crippen LogP contribution in [-0.4, -0.2) is 15.1 Å². The van der Waals surface area contributed by atoms with Crippen molar-refractivity contribution >= 4 is 28.3 Å². The van der Waals surface area contributed by atoms with Crippen LogP contribution in [0.25, 0.3) is 10.9 Å². The highest BCUT2D eigenvalue weighted by atomic mass is 35.5. The molecule has 3 aromatic rings. The number of nitrogens with zero attached hydrogens (tertiary/aromatic N) is 2. The summed E-state index contributed by atoms with van der Waals surface area (Å²) in [7, 11) is 0. The van der Waals surface area contributed by atoms with E-state index < -0.39 is 6.10 Å². The summed E-state index contributed by atoms with van der Waals surface area (Å²) >= 11 is 6.18. The maximum absolute atomic E-state index is 10.7. The van der Waals surface area contributed by atoms with Crippen molar-refractivity contribution in [3.8, 4) is 0 Å². The molecule has 0 saturated heterocycles. The highest BCUT2D eigenvalue weighted by molar-refractivity contribution is 6.35. The van der Waals surface area contributed by atoms with Crippen LogP contribution in [-0.2, 0) is 0 Å². The largest absolute Gasteiger partial charge is 0.383 e. The first-order valence-electron chi connectivity index (χ1n) is 6.51. The average Bonchev–Trinajstić information content (AvgIpc) is 2.47. The fraction of sp³-hybridized carbons (Fsp3) is 0.125. The van der Waals surface area contributed by atoms with E-state index in [-0.39, 0.29) is 0 Å². The molecule has 0 amide bonds. The number of halogens is 1. The number of hydrogen-bond donors (Lipinski definition) is 2. The number of anilines is 1. The van der Waals surface area contributed by atoms with Gasteiger partial charge in [0.1, 0.15) is 11.9 Å².